The minimum atomic E-state index is -0.118. The summed E-state index contributed by atoms with van der Waals surface area (Å²) in [5.41, 5.74) is 1.16. The molecule has 2 aliphatic carbocycles. The molecule has 4 atom stereocenters. The molecule has 4 unspecified atom stereocenters. The average Bonchev–Trinajstić information content (AvgIpc) is 3.38. The zero-order valence-corrected chi connectivity index (χ0v) is 15.2. The number of rotatable bonds is 5. The molecule has 0 aromatic carbocycles. The number of likely N-dealkylation sites (tertiary alicyclic amines) is 1. The first-order valence-corrected chi connectivity index (χ1v) is 9.17. The zero-order valence-electron chi connectivity index (χ0n) is 15.2. The van der Waals surface area contributed by atoms with Crippen LogP contribution in [0.15, 0.2) is 35.6 Å². The number of aryl methyl sites for hydroxylation is 1. The van der Waals surface area contributed by atoms with Crippen molar-refractivity contribution in [3.8, 4) is 0 Å². The van der Waals surface area contributed by atoms with Crippen LogP contribution in [0.5, 0.6) is 0 Å². The van der Waals surface area contributed by atoms with E-state index in [9.17, 15) is 9.59 Å². The van der Waals surface area contributed by atoms with E-state index >= 15 is 0 Å². The molecule has 2 bridgehead atoms. The minimum absolute atomic E-state index is 0.00545. The molecule has 26 heavy (non-hydrogen) atoms. The Morgan fingerprint density at radius 2 is 1.88 bits per heavy atom. The number of allylic oxidation sites excluding steroid dienone is 2. The van der Waals surface area contributed by atoms with Crippen molar-refractivity contribution in [2.75, 3.05) is 20.1 Å². The number of nitrogens with zero attached hydrogens (tertiary/aromatic N) is 3. The molecule has 1 saturated carbocycles. The molecular formula is C19H25N5O2. The highest BCUT2D eigenvalue weighted by Gasteiger charge is 2.58. The van der Waals surface area contributed by atoms with E-state index in [1.54, 1.807) is 7.05 Å². The lowest BCUT2D eigenvalue weighted by Crippen LogP contribution is -2.43. The molecule has 2 N–H and O–H groups in total. The first-order chi connectivity index (χ1) is 12.6. The number of aromatic nitrogens is 1. The molecular weight excluding hydrogens is 330 g/mol. The second kappa shape index (κ2) is 6.63. The van der Waals surface area contributed by atoms with Gasteiger partial charge in [0.15, 0.2) is 5.96 Å². The molecule has 0 spiro atoms. The maximum Gasteiger partial charge on any atom is 0.233 e. The Balaban J connectivity index is 1.28. The largest absolute Gasteiger partial charge is 0.357 e. The van der Waals surface area contributed by atoms with E-state index in [-0.39, 0.29) is 35.5 Å². The number of carbonyl (C=O) groups excluding carboxylic acids is 2. The van der Waals surface area contributed by atoms with Gasteiger partial charge in [-0.1, -0.05) is 12.2 Å². The summed E-state index contributed by atoms with van der Waals surface area (Å²) in [5, 5.41) is 6.43. The minimum Gasteiger partial charge on any atom is -0.357 e. The Morgan fingerprint density at radius 3 is 2.46 bits per heavy atom. The van der Waals surface area contributed by atoms with Crippen LogP contribution in [0.1, 0.15) is 12.0 Å². The molecule has 2 heterocycles. The molecule has 4 rings (SSSR count). The van der Waals surface area contributed by atoms with Crippen LogP contribution >= 0.6 is 0 Å². The van der Waals surface area contributed by atoms with Gasteiger partial charge in [-0.25, -0.2) is 0 Å². The molecule has 7 heteroatoms. The summed E-state index contributed by atoms with van der Waals surface area (Å²) in [6.07, 6.45) is 9.25. The number of hydrogen-bond acceptors (Lipinski definition) is 3. The first-order valence-electron chi connectivity index (χ1n) is 9.17. The van der Waals surface area contributed by atoms with Gasteiger partial charge in [-0.3, -0.25) is 19.5 Å². The SMILES string of the molecule is CN=C(NCCN1C(=O)C2C3C=CC(C3)C2C1=O)NCc1ccn(C)c1. The molecule has 0 radical (unpaired) electrons. The Kier molecular flexibility index (Phi) is 4.30. The van der Waals surface area contributed by atoms with Gasteiger partial charge in [0.2, 0.25) is 11.8 Å². The number of aliphatic imine (C=N–C) groups is 1. The molecule has 1 saturated heterocycles. The van der Waals surface area contributed by atoms with Crippen molar-refractivity contribution in [3.05, 3.63) is 36.2 Å². The summed E-state index contributed by atoms with van der Waals surface area (Å²) in [4.78, 5) is 30.9. The molecule has 1 aromatic rings. The fourth-order valence-electron chi connectivity index (χ4n) is 4.54. The Morgan fingerprint density at radius 1 is 1.19 bits per heavy atom. The summed E-state index contributed by atoms with van der Waals surface area (Å²) in [7, 11) is 3.69. The van der Waals surface area contributed by atoms with Gasteiger partial charge >= 0.3 is 0 Å². The van der Waals surface area contributed by atoms with Gasteiger partial charge in [0, 0.05) is 46.1 Å². The number of guanidine groups is 1. The third-order valence-corrected chi connectivity index (χ3v) is 5.77. The van der Waals surface area contributed by atoms with Crippen LogP contribution in [0, 0.1) is 23.7 Å². The van der Waals surface area contributed by atoms with E-state index < -0.39 is 0 Å². The number of hydrogen-bond donors (Lipinski definition) is 2. The van der Waals surface area contributed by atoms with Crippen molar-refractivity contribution in [1.82, 2.24) is 20.1 Å². The van der Waals surface area contributed by atoms with Crippen LogP contribution in [-0.4, -0.2) is 47.4 Å². The van der Waals surface area contributed by atoms with Crippen LogP contribution in [-0.2, 0) is 23.2 Å². The maximum atomic E-state index is 12.6. The van der Waals surface area contributed by atoms with Gasteiger partial charge in [0.05, 0.1) is 11.8 Å². The molecule has 1 aromatic heterocycles. The van der Waals surface area contributed by atoms with Crippen LogP contribution in [0.2, 0.25) is 0 Å². The van der Waals surface area contributed by atoms with Gasteiger partial charge < -0.3 is 15.2 Å². The number of imide groups is 1. The van der Waals surface area contributed by atoms with Crippen LogP contribution in [0.4, 0.5) is 0 Å². The second-order valence-electron chi connectivity index (χ2n) is 7.37. The zero-order chi connectivity index (χ0) is 18.3. The van der Waals surface area contributed by atoms with Crippen molar-refractivity contribution >= 4 is 17.8 Å². The Bertz CT molecular complexity index is 751. The van der Waals surface area contributed by atoms with Gasteiger partial charge in [-0.15, -0.1) is 0 Å². The number of amides is 2. The lowest BCUT2D eigenvalue weighted by atomic mass is 9.85. The number of carbonyl (C=O) groups is 2. The van der Waals surface area contributed by atoms with Gasteiger partial charge in [-0.2, -0.15) is 0 Å². The highest BCUT2D eigenvalue weighted by atomic mass is 16.2. The Labute approximate surface area is 153 Å². The summed E-state index contributed by atoms with van der Waals surface area (Å²) in [6, 6.07) is 2.04. The van der Waals surface area contributed by atoms with Crippen molar-refractivity contribution in [2.45, 2.75) is 13.0 Å². The lowest BCUT2D eigenvalue weighted by molar-refractivity contribution is -0.140. The smallest absolute Gasteiger partial charge is 0.233 e. The average molecular weight is 355 g/mol. The van der Waals surface area contributed by atoms with E-state index in [0.717, 1.165) is 12.0 Å². The predicted octanol–water partition coefficient (Wildman–Crippen LogP) is 0.497. The molecule has 2 fully saturated rings. The summed E-state index contributed by atoms with van der Waals surface area (Å²) < 4.78 is 2.00. The quantitative estimate of drug-likeness (QED) is 0.349. The topological polar surface area (TPSA) is 78.7 Å². The molecule has 2 amide bonds. The van der Waals surface area contributed by atoms with Crippen LogP contribution < -0.4 is 10.6 Å². The summed E-state index contributed by atoms with van der Waals surface area (Å²) in [6.45, 7) is 1.55. The number of nitrogens with one attached hydrogen (secondary N) is 2. The van der Waals surface area contributed by atoms with Crippen molar-refractivity contribution in [1.29, 1.82) is 0 Å². The second-order valence-corrected chi connectivity index (χ2v) is 7.37. The third-order valence-electron chi connectivity index (χ3n) is 5.77. The highest BCUT2D eigenvalue weighted by molar-refractivity contribution is 6.06. The first kappa shape index (κ1) is 16.9. The molecule has 7 nitrogen and oxygen atoms in total. The number of fused-ring (bicyclic) bond motifs is 5. The van der Waals surface area contributed by atoms with E-state index in [4.69, 9.17) is 0 Å². The third kappa shape index (κ3) is 2.81. The maximum absolute atomic E-state index is 12.6. The van der Waals surface area contributed by atoms with Gasteiger partial charge in [-0.05, 0) is 29.9 Å². The molecule has 1 aliphatic heterocycles. The fraction of sp³-hybridized carbons (Fsp3) is 0.526. The predicted molar refractivity (Wildman–Crippen MR) is 98.1 cm³/mol. The van der Waals surface area contributed by atoms with Gasteiger partial charge in [0.1, 0.15) is 0 Å². The molecule has 3 aliphatic rings. The summed E-state index contributed by atoms with van der Waals surface area (Å²) in [5.74, 6) is 0.965. The van der Waals surface area contributed by atoms with E-state index in [1.165, 1.54) is 4.90 Å². The van der Waals surface area contributed by atoms with Crippen LogP contribution in [0.25, 0.3) is 0 Å². The van der Waals surface area contributed by atoms with Crippen molar-refractivity contribution in [2.24, 2.45) is 35.7 Å². The summed E-state index contributed by atoms with van der Waals surface area (Å²) >= 11 is 0. The van der Waals surface area contributed by atoms with Crippen molar-refractivity contribution in [3.63, 3.8) is 0 Å². The van der Waals surface area contributed by atoms with Crippen molar-refractivity contribution < 1.29 is 9.59 Å². The van der Waals surface area contributed by atoms with E-state index in [2.05, 4.69) is 27.8 Å². The van der Waals surface area contributed by atoms with Crippen LogP contribution in [0.3, 0.4) is 0 Å². The van der Waals surface area contributed by atoms with E-state index in [0.29, 0.717) is 25.6 Å². The highest BCUT2D eigenvalue weighted by Crippen LogP contribution is 2.52. The normalized spacial score (nSPS) is 29.6. The Hall–Kier alpha value is -2.57. The van der Waals surface area contributed by atoms with E-state index in [1.807, 2.05) is 30.1 Å². The molecule has 138 valence electrons. The fourth-order valence-corrected chi connectivity index (χ4v) is 4.54. The lowest BCUT2D eigenvalue weighted by Gasteiger charge is -2.18. The monoisotopic (exact) mass is 355 g/mol. The standard InChI is InChI=1S/C19H25N5O2/c1-20-19(22-10-12-5-7-23(2)11-12)21-6-8-24-17(25)15-13-3-4-14(9-13)16(15)18(24)26/h3-5,7,11,13-16H,6,8-10H2,1-2H3,(H2,20,21,22). The van der Waals surface area contributed by atoms with Gasteiger partial charge in [0.25, 0.3) is 0 Å².